The first-order valence-corrected chi connectivity index (χ1v) is 5.07. The number of methoxy groups -OCH3 is 1. The third-order valence-electron chi connectivity index (χ3n) is 2.72. The molecule has 0 bridgehead atoms. The minimum Gasteiger partial charge on any atom is -0.380 e. The van der Waals surface area contributed by atoms with Gasteiger partial charge in [-0.05, 0) is 6.92 Å². The van der Waals surface area contributed by atoms with Gasteiger partial charge in [0, 0.05) is 38.9 Å². The second-order valence-corrected chi connectivity index (χ2v) is 3.76. The molecule has 4 heteroatoms. The van der Waals surface area contributed by atoms with Crippen molar-refractivity contribution in [2.75, 3.05) is 13.7 Å². The summed E-state index contributed by atoms with van der Waals surface area (Å²) in [6.07, 6.45) is 3.25. The van der Waals surface area contributed by atoms with Crippen molar-refractivity contribution >= 4 is 0 Å². The molecule has 1 aromatic heterocycles. The normalized spacial score (nSPS) is 17.9. The molecule has 0 spiro atoms. The molecular weight excluding hydrogens is 178 g/mol. The van der Waals surface area contributed by atoms with Gasteiger partial charge in [0.1, 0.15) is 0 Å². The third-order valence-corrected chi connectivity index (χ3v) is 2.72. The number of hydrogen-bond acceptors (Lipinski definition) is 3. The molecule has 4 nitrogen and oxygen atoms in total. The summed E-state index contributed by atoms with van der Waals surface area (Å²) < 4.78 is 7.46. The summed E-state index contributed by atoms with van der Waals surface area (Å²) in [5, 5.41) is 3.31. The highest BCUT2D eigenvalue weighted by atomic mass is 16.5. The Bertz CT molecular complexity index is 308. The number of aromatic nitrogens is 2. The molecule has 0 aromatic carbocycles. The summed E-state index contributed by atoms with van der Waals surface area (Å²) in [4.78, 5) is 4.39. The van der Waals surface area contributed by atoms with Crippen LogP contribution in [0.25, 0.3) is 0 Å². The van der Waals surface area contributed by atoms with Crippen LogP contribution in [0.15, 0.2) is 6.33 Å². The van der Waals surface area contributed by atoms with E-state index in [4.69, 9.17) is 4.74 Å². The lowest BCUT2D eigenvalue weighted by Crippen LogP contribution is -2.26. The van der Waals surface area contributed by atoms with Crippen molar-refractivity contribution in [3.05, 3.63) is 17.7 Å². The maximum absolute atomic E-state index is 5.25. The Morgan fingerprint density at radius 2 is 2.57 bits per heavy atom. The van der Waals surface area contributed by atoms with Crippen LogP contribution in [0.5, 0.6) is 0 Å². The molecule has 0 radical (unpaired) electrons. The molecule has 0 saturated carbocycles. The summed E-state index contributed by atoms with van der Waals surface area (Å²) in [6.45, 7) is 4.94. The molecule has 0 amide bonds. The van der Waals surface area contributed by atoms with E-state index in [0.29, 0.717) is 0 Å². The van der Waals surface area contributed by atoms with Crippen LogP contribution < -0.4 is 5.32 Å². The molecular formula is C10H17N3O. The molecule has 0 fully saturated rings. The third kappa shape index (κ3) is 1.81. The molecule has 0 saturated heterocycles. The van der Waals surface area contributed by atoms with E-state index in [1.165, 1.54) is 11.4 Å². The van der Waals surface area contributed by atoms with Gasteiger partial charge in [-0.1, -0.05) is 0 Å². The zero-order valence-corrected chi connectivity index (χ0v) is 8.79. The Morgan fingerprint density at radius 1 is 1.71 bits per heavy atom. The van der Waals surface area contributed by atoms with Crippen molar-refractivity contribution in [1.29, 1.82) is 0 Å². The molecule has 2 rings (SSSR count). The molecule has 1 aliphatic rings. The number of hydrogen-bond donors (Lipinski definition) is 1. The van der Waals surface area contributed by atoms with Crippen LogP contribution in [0, 0.1) is 0 Å². The van der Waals surface area contributed by atoms with Crippen molar-refractivity contribution in [3.8, 4) is 0 Å². The van der Waals surface area contributed by atoms with Gasteiger partial charge in [-0.2, -0.15) is 0 Å². The summed E-state index contributed by atoms with van der Waals surface area (Å²) in [5.41, 5.74) is 2.56. The fraction of sp³-hybridized carbons (Fsp3) is 0.700. The number of nitrogens with zero attached hydrogens (tertiary/aromatic N) is 2. The molecule has 1 N–H and O–H groups in total. The second kappa shape index (κ2) is 4.11. The van der Waals surface area contributed by atoms with E-state index >= 15 is 0 Å². The fourth-order valence-electron chi connectivity index (χ4n) is 1.81. The van der Waals surface area contributed by atoms with E-state index in [2.05, 4.69) is 21.8 Å². The molecule has 78 valence electrons. The lowest BCUT2D eigenvalue weighted by Gasteiger charge is -2.17. The van der Waals surface area contributed by atoms with Crippen LogP contribution in [0.2, 0.25) is 0 Å². The van der Waals surface area contributed by atoms with Gasteiger partial charge >= 0.3 is 0 Å². The minimum atomic E-state index is 0.253. The summed E-state index contributed by atoms with van der Waals surface area (Å²) in [6, 6.07) is 0. The summed E-state index contributed by atoms with van der Waals surface area (Å²) in [7, 11) is 1.75. The van der Waals surface area contributed by atoms with E-state index in [-0.39, 0.29) is 6.10 Å². The highest BCUT2D eigenvalue weighted by molar-refractivity contribution is 5.16. The predicted octanol–water partition coefficient (Wildman–Crippen LogP) is 0.564. The van der Waals surface area contributed by atoms with Crippen LogP contribution in [-0.4, -0.2) is 29.3 Å². The van der Waals surface area contributed by atoms with E-state index in [9.17, 15) is 0 Å². The van der Waals surface area contributed by atoms with Gasteiger partial charge in [-0.15, -0.1) is 0 Å². The monoisotopic (exact) mass is 195 g/mol. The van der Waals surface area contributed by atoms with Crippen molar-refractivity contribution < 1.29 is 4.74 Å². The van der Waals surface area contributed by atoms with E-state index in [0.717, 1.165) is 26.1 Å². The van der Waals surface area contributed by atoms with Crippen LogP contribution in [-0.2, 0) is 24.2 Å². The van der Waals surface area contributed by atoms with Gasteiger partial charge < -0.3 is 14.6 Å². The average molecular weight is 195 g/mol. The second-order valence-electron chi connectivity index (χ2n) is 3.76. The van der Waals surface area contributed by atoms with Gasteiger partial charge in [0.15, 0.2) is 0 Å². The molecule has 2 heterocycles. The van der Waals surface area contributed by atoms with Crippen LogP contribution >= 0.6 is 0 Å². The molecule has 14 heavy (non-hydrogen) atoms. The zero-order valence-electron chi connectivity index (χ0n) is 8.79. The average Bonchev–Trinajstić information content (AvgIpc) is 2.62. The van der Waals surface area contributed by atoms with Crippen LogP contribution in [0.1, 0.15) is 18.3 Å². The Balaban J connectivity index is 2.14. The van der Waals surface area contributed by atoms with Gasteiger partial charge in [-0.3, -0.25) is 0 Å². The Labute approximate surface area is 84.3 Å². The SMILES string of the molecule is COC(C)Cn1cnc2c1CCNC2. The minimum absolute atomic E-state index is 0.253. The van der Waals surface area contributed by atoms with Gasteiger partial charge in [0.2, 0.25) is 0 Å². The van der Waals surface area contributed by atoms with Crippen molar-refractivity contribution in [1.82, 2.24) is 14.9 Å². The fourth-order valence-corrected chi connectivity index (χ4v) is 1.81. The summed E-state index contributed by atoms with van der Waals surface area (Å²) >= 11 is 0. The molecule has 1 unspecified atom stereocenters. The first-order chi connectivity index (χ1) is 6.81. The molecule has 0 aliphatic carbocycles. The maximum Gasteiger partial charge on any atom is 0.0953 e. The lowest BCUT2D eigenvalue weighted by molar-refractivity contribution is 0.102. The van der Waals surface area contributed by atoms with Gasteiger partial charge in [0.05, 0.1) is 18.1 Å². The quantitative estimate of drug-likeness (QED) is 0.766. The first kappa shape index (κ1) is 9.68. The van der Waals surface area contributed by atoms with E-state index in [1.54, 1.807) is 7.11 Å². The molecule has 1 aliphatic heterocycles. The Hall–Kier alpha value is -0.870. The lowest BCUT2D eigenvalue weighted by atomic mass is 10.2. The Morgan fingerprint density at radius 3 is 3.36 bits per heavy atom. The van der Waals surface area contributed by atoms with Gasteiger partial charge in [0.25, 0.3) is 0 Å². The van der Waals surface area contributed by atoms with Crippen LogP contribution in [0.3, 0.4) is 0 Å². The van der Waals surface area contributed by atoms with Crippen molar-refractivity contribution in [3.63, 3.8) is 0 Å². The van der Waals surface area contributed by atoms with Crippen molar-refractivity contribution in [2.45, 2.75) is 32.5 Å². The number of imidazole rings is 1. The van der Waals surface area contributed by atoms with Crippen molar-refractivity contribution in [2.24, 2.45) is 0 Å². The highest BCUT2D eigenvalue weighted by Crippen LogP contribution is 2.12. The molecule has 1 aromatic rings. The zero-order chi connectivity index (χ0) is 9.97. The first-order valence-electron chi connectivity index (χ1n) is 5.07. The van der Waals surface area contributed by atoms with E-state index < -0.39 is 0 Å². The number of nitrogens with one attached hydrogen (secondary N) is 1. The van der Waals surface area contributed by atoms with E-state index in [1.807, 2.05) is 6.33 Å². The largest absolute Gasteiger partial charge is 0.380 e. The summed E-state index contributed by atoms with van der Waals surface area (Å²) in [5.74, 6) is 0. The van der Waals surface area contributed by atoms with Gasteiger partial charge in [-0.25, -0.2) is 4.98 Å². The topological polar surface area (TPSA) is 39.1 Å². The number of fused-ring (bicyclic) bond motifs is 1. The molecule has 1 atom stereocenters. The number of rotatable bonds is 3. The number of ether oxygens (including phenoxy) is 1. The highest BCUT2D eigenvalue weighted by Gasteiger charge is 2.15. The predicted molar refractivity (Wildman–Crippen MR) is 54.1 cm³/mol. The smallest absolute Gasteiger partial charge is 0.0953 e. The standard InChI is InChI=1S/C10H17N3O/c1-8(14-2)6-13-7-12-9-5-11-4-3-10(9)13/h7-8,11H,3-6H2,1-2H3. The van der Waals surface area contributed by atoms with Crippen LogP contribution in [0.4, 0.5) is 0 Å². The Kier molecular flexibility index (Phi) is 2.84. The maximum atomic E-state index is 5.25.